The maximum Gasteiger partial charge on any atom is 0.272 e. The number of nitrogen functional groups attached to an aromatic ring is 1. The van der Waals surface area contributed by atoms with Crippen LogP contribution in [0.25, 0.3) is 0 Å². The molecule has 0 bridgehead atoms. The van der Waals surface area contributed by atoms with E-state index in [0.29, 0.717) is 67.5 Å². The molecule has 4 N–H and O–H groups in total. The van der Waals surface area contributed by atoms with Crippen LogP contribution in [0.1, 0.15) is 122 Å². The second-order valence-corrected chi connectivity index (χ2v) is 23.7. The van der Waals surface area contributed by atoms with E-state index in [1.807, 2.05) is 80.6 Å². The number of benzene rings is 4. The van der Waals surface area contributed by atoms with Gasteiger partial charge in [0.2, 0.25) is 22.1 Å². The molecule has 1 aliphatic carbocycles. The first-order valence-corrected chi connectivity index (χ1v) is 29.5. The highest BCUT2D eigenvalue weighted by atomic mass is 32.2. The lowest BCUT2D eigenvalue weighted by molar-refractivity contribution is -0.122. The molecule has 11 rings (SSSR count). The molecule has 1 aromatic heterocycles. The number of hydrazone groups is 1. The van der Waals surface area contributed by atoms with E-state index in [4.69, 9.17) is 15.5 Å². The largest absolute Gasteiger partial charge is 0.399 e. The molecule has 5 aliphatic heterocycles. The fourth-order valence-corrected chi connectivity index (χ4v) is 12.4. The van der Waals surface area contributed by atoms with Gasteiger partial charge in [-0.25, -0.2) is 18.8 Å². The summed E-state index contributed by atoms with van der Waals surface area (Å²) in [5, 5.41) is 6.88. The van der Waals surface area contributed by atoms with Gasteiger partial charge in [-0.1, -0.05) is 137 Å². The highest BCUT2D eigenvalue weighted by Gasteiger charge is 2.38. The number of carbonyl (C=O) groups excluding carboxylic acids is 3. The lowest BCUT2D eigenvalue weighted by Crippen LogP contribution is -2.47. The van der Waals surface area contributed by atoms with Crippen LogP contribution < -0.4 is 21.4 Å². The van der Waals surface area contributed by atoms with Gasteiger partial charge in [-0.05, 0) is 104 Å². The summed E-state index contributed by atoms with van der Waals surface area (Å²) in [6.07, 6.45) is 15.1. The molecule has 76 heavy (non-hydrogen) atoms. The fraction of sp³-hybridized carbons (Fsp3) is 0.433. The van der Waals surface area contributed by atoms with E-state index < -0.39 is 22.1 Å². The summed E-state index contributed by atoms with van der Waals surface area (Å²) in [4.78, 5) is 47.9. The first-order chi connectivity index (χ1) is 36.7. The van der Waals surface area contributed by atoms with Crippen molar-refractivity contribution in [2.24, 2.45) is 27.8 Å². The van der Waals surface area contributed by atoms with E-state index in [0.717, 1.165) is 51.1 Å². The Labute approximate surface area is 454 Å². The number of nitrogens with zero attached hydrogens (tertiary/aromatic N) is 5. The van der Waals surface area contributed by atoms with E-state index in [9.17, 15) is 22.8 Å². The van der Waals surface area contributed by atoms with Crippen LogP contribution in [0.3, 0.4) is 0 Å². The summed E-state index contributed by atoms with van der Waals surface area (Å²) >= 11 is 2.10. The monoisotopic (exact) mass is 1070 g/mol. The van der Waals surface area contributed by atoms with Crippen molar-refractivity contribution in [3.05, 3.63) is 154 Å². The molecule has 0 spiro atoms. The van der Waals surface area contributed by atoms with Gasteiger partial charge < -0.3 is 20.7 Å². The smallest absolute Gasteiger partial charge is 0.272 e. The molecule has 0 radical (unpaired) electrons. The Morgan fingerprint density at radius 2 is 1.42 bits per heavy atom. The molecule has 3 fully saturated rings. The van der Waals surface area contributed by atoms with Gasteiger partial charge in [0.1, 0.15) is 0 Å². The van der Waals surface area contributed by atoms with Gasteiger partial charge in [0.25, 0.3) is 11.8 Å². The number of nitrogens with two attached hydrogens (primary N) is 1. The van der Waals surface area contributed by atoms with Gasteiger partial charge in [0.05, 0.1) is 40.8 Å². The highest BCUT2D eigenvalue weighted by Crippen LogP contribution is 2.38. The predicted molar refractivity (Wildman–Crippen MR) is 307 cm³/mol. The van der Waals surface area contributed by atoms with Crippen molar-refractivity contribution in [1.82, 2.24) is 20.0 Å². The molecular weight excluding hydrogens is 993 g/mol. The Morgan fingerprint density at radius 1 is 0.776 bits per heavy atom. The highest BCUT2D eigenvalue weighted by molar-refractivity contribution is 7.99. The Hall–Kier alpha value is -6.20. The minimum atomic E-state index is -3.33. The molecule has 4 aromatic carbocycles. The zero-order chi connectivity index (χ0) is 54.0. The molecule has 6 heterocycles. The van der Waals surface area contributed by atoms with Crippen molar-refractivity contribution < 1.29 is 27.5 Å². The topological polar surface area (TPSA) is 189 Å². The molecule has 3 amide bonds. The van der Waals surface area contributed by atoms with Crippen LogP contribution in [-0.4, -0.2) is 97.4 Å². The zero-order valence-corrected chi connectivity index (χ0v) is 46.5. The molecule has 6 aliphatic rings. The SMILES string of the molecule is CC1CCCCCC1.CC1CCSCC1.Cc1ccc(C2=NNC(=O)CC2C)cc1.Cc1ccc(S(=O)(=O)N2CCOCC2)cc1.Nc1cc2c3c(c1)C(c1ccccc1)=N[C@@H](NC(=O)c1cccnc1)C(=O)N3CC2. The van der Waals surface area contributed by atoms with E-state index in [1.165, 1.54) is 78.9 Å². The summed E-state index contributed by atoms with van der Waals surface area (Å²) in [6.45, 7) is 13.1. The number of anilines is 2. The number of rotatable bonds is 6. The number of amides is 3. The molecule has 1 unspecified atom stereocenters. The van der Waals surface area contributed by atoms with Crippen LogP contribution >= 0.6 is 11.8 Å². The van der Waals surface area contributed by atoms with Gasteiger partial charge in [-0.15, -0.1) is 0 Å². The Kier molecular flexibility index (Phi) is 21.4. The van der Waals surface area contributed by atoms with Crippen LogP contribution in [0.2, 0.25) is 0 Å². The number of thioether (sulfide) groups is 1. The molecule has 1 saturated carbocycles. The summed E-state index contributed by atoms with van der Waals surface area (Å²) in [7, 11) is -3.33. The second-order valence-electron chi connectivity index (χ2n) is 20.5. The summed E-state index contributed by atoms with van der Waals surface area (Å²) in [6, 6.07) is 31.8. The van der Waals surface area contributed by atoms with Gasteiger partial charge in [0, 0.05) is 61.2 Å². The van der Waals surface area contributed by atoms with E-state index in [2.05, 4.69) is 65.5 Å². The molecule has 2 saturated heterocycles. The number of aryl methyl sites for hydroxylation is 2. The van der Waals surface area contributed by atoms with Gasteiger partial charge in [-0.2, -0.15) is 21.2 Å². The maximum absolute atomic E-state index is 13.4. The quantitative estimate of drug-likeness (QED) is 0.110. The van der Waals surface area contributed by atoms with Gasteiger partial charge in [0.15, 0.2) is 0 Å². The number of pyridine rings is 1. The summed E-state index contributed by atoms with van der Waals surface area (Å²) in [5.74, 6) is 4.38. The predicted octanol–water partition coefficient (Wildman–Crippen LogP) is 10.2. The third-order valence-corrected chi connectivity index (χ3v) is 17.2. The van der Waals surface area contributed by atoms with Crippen molar-refractivity contribution in [2.45, 2.75) is 110 Å². The average Bonchev–Trinajstić information content (AvgIpc) is 3.67. The second kappa shape index (κ2) is 28.3. The van der Waals surface area contributed by atoms with Crippen LogP contribution in [0.15, 0.2) is 131 Å². The number of nitrogens with one attached hydrogen (secondary N) is 2. The number of hydrogen-bond acceptors (Lipinski definition) is 11. The minimum Gasteiger partial charge on any atom is -0.399 e. The van der Waals surface area contributed by atoms with Crippen molar-refractivity contribution >= 4 is 62.3 Å². The Bertz CT molecular complexity index is 2860. The van der Waals surface area contributed by atoms with Crippen LogP contribution in [0, 0.1) is 31.6 Å². The number of sulfonamides is 1. The van der Waals surface area contributed by atoms with Crippen LogP contribution in [-0.2, 0) is 30.8 Å². The lowest BCUT2D eigenvalue weighted by atomic mass is 9.94. The van der Waals surface area contributed by atoms with Gasteiger partial charge in [-0.3, -0.25) is 19.4 Å². The molecule has 14 nitrogen and oxygen atoms in total. The molecule has 404 valence electrons. The van der Waals surface area contributed by atoms with Crippen molar-refractivity contribution in [3.63, 3.8) is 0 Å². The van der Waals surface area contributed by atoms with Crippen molar-refractivity contribution in [1.29, 1.82) is 0 Å². The standard InChI is InChI=1S/C23H19N5O2.C12H14N2O.C11H15NO3S.C8H16.C6H12S/c24-17-11-15-8-10-28-20(15)18(12-17)19(14-5-2-1-3-6-14)26-21(23(28)30)27-22(29)16-7-4-9-25-13-16;1-8-3-5-10(6-4-8)12-9(2)7-11(15)13-14-12;1-10-2-4-11(5-3-10)16(13,14)12-6-8-15-9-7-12;1-8-6-4-2-3-5-7-8;1-6-2-4-7-5-3-6/h1-7,9,11-13,21H,8,10,24H2,(H,27,29);3-6,9H,7H2,1-2H3,(H,13,15);2-5H,6-9H2,1H3;8H,2-7H2,1H3;6H,2-5H2,1H3/t21-;;;;/m0..../s1. The molecular formula is C60H76N8O6S2. The Morgan fingerprint density at radius 3 is 2.03 bits per heavy atom. The van der Waals surface area contributed by atoms with E-state index in [1.54, 1.807) is 35.4 Å². The first kappa shape index (κ1) is 57.5. The summed E-state index contributed by atoms with van der Waals surface area (Å²) < 4.78 is 31.0. The average molecular weight is 1070 g/mol. The third-order valence-electron chi connectivity index (χ3n) is 14.2. The van der Waals surface area contributed by atoms with E-state index in [-0.39, 0.29) is 17.7 Å². The summed E-state index contributed by atoms with van der Waals surface area (Å²) in [5.41, 5.74) is 18.2. The number of ether oxygens (including phenoxy) is 1. The number of aliphatic imine (C=N–C) groups is 1. The lowest BCUT2D eigenvalue weighted by Gasteiger charge is -2.26. The number of carbonyl (C=O) groups is 3. The van der Waals surface area contributed by atoms with Gasteiger partial charge >= 0.3 is 0 Å². The minimum absolute atomic E-state index is 0.00152. The zero-order valence-electron chi connectivity index (χ0n) is 44.9. The van der Waals surface area contributed by atoms with E-state index >= 15 is 0 Å². The fourth-order valence-electron chi connectivity index (χ4n) is 9.67. The third kappa shape index (κ3) is 16.2. The van der Waals surface area contributed by atoms with Crippen molar-refractivity contribution in [2.75, 3.05) is 55.0 Å². The Balaban J connectivity index is 0.000000154. The number of aromatic nitrogens is 1. The molecule has 5 aromatic rings. The van der Waals surface area contributed by atoms with Crippen LogP contribution in [0.4, 0.5) is 11.4 Å². The number of morpholine rings is 1. The molecule has 16 heteroatoms. The normalized spacial score (nSPS) is 19.8. The van der Waals surface area contributed by atoms with Crippen molar-refractivity contribution in [3.8, 4) is 0 Å². The first-order valence-electron chi connectivity index (χ1n) is 26.9. The van der Waals surface area contributed by atoms with Crippen LogP contribution in [0.5, 0.6) is 0 Å². The maximum atomic E-state index is 13.4. The number of hydrogen-bond donors (Lipinski definition) is 3. The molecule has 2 atom stereocenters.